The second kappa shape index (κ2) is 7.21. The molecule has 0 saturated carbocycles. The molecule has 0 aliphatic carbocycles. The molecule has 4 heteroatoms. The zero-order chi connectivity index (χ0) is 14.3. The molecule has 3 rings (SSSR count). The van der Waals surface area contributed by atoms with E-state index in [0.29, 0.717) is 15.0 Å². The van der Waals surface area contributed by atoms with Gasteiger partial charge in [-0.3, -0.25) is 0 Å². The Kier molecular flexibility index (Phi) is 4.82. The van der Waals surface area contributed by atoms with Crippen LogP contribution in [-0.4, -0.2) is 30.0 Å². The fourth-order valence-corrected chi connectivity index (χ4v) is 3.97. The molecule has 0 unspecified atom stereocenters. The topological polar surface area (TPSA) is 30.7 Å². The van der Waals surface area contributed by atoms with Gasteiger partial charge in [-0.25, -0.2) is 0 Å². The van der Waals surface area contributed by atoms with Crippen molar-refractivity contribution in [2.75, 3.05) is 0 Å². The minimum atomic E-state index is 0.518. The van der Waals surface area contributed by atoms with Gasteiger partial charge in [-0.1, -0.05) is 0 Å². The zero-order valence-corrected chi connectivity index (χ0v) is 13.4. The molecule has 21 heavy (non-hydrogen) atoms. The van der Waals surface area contributed by atoms with Crippen molar-refractivity contribution in [1.29, 1.82) is 0 Å². The summed E-state index contributed by atoms with van der Waals surface area (Å²) in [6.07, 6.45) is 3.07. The van der Waals surface area contributed by atoms with E-state index in [9.17, 15) is 0 Å². The zero-order valence-electron chi connectivity index (χ0n) is 11.7. The second-order valence-corrected chi connectivity index (χ2v) is 7.26. The number of nitrogens with zero attached hydrogens (tertiary/aromatic N) is 3. The Labute approximate surface area is 131 Å². The molecule has 3 aromatic rings. The molecule has 0 saturated heterocycles. The Morgan fingerprint density at radius 2 is 1.62 bits per heavy atom. The molecule has 0 amide bonds. The van der Waals surface area contributed by atoms with Crippen molar-refractivity contribution in [3.63, 3.8) is 0 Å². The first-order chi connectivity index (χ1) is 10.4. The Balaban J connectivity index is 1.51. The van der Waals surface area contributed by atoms with Crippen molar-refractivity contribution in [3.05, 3.63) is 78.1 Å². The predicted molar refractivity (Wildman–Crippen MR) is 85.9 cm³/mol. The van der Waals surface area contributed by atoms with E-state index >= 15 is 0 Å². The van der Waals surface area contributed by atoms with Crippen molar-refractivity contribution < 1.29 is 0 Å². The first-order valence-corrected chi connectivity index (χ1v) is 9.08. The second-order valence-electron chi connectivity index (χ2n) is 4.80. The summed E-state index contributed by atoms with van der Waals surface area (Å²) in [6.45, 7) is 0.789. The van der Waals surface area contributed by atoms with Crippen LogP contribution in [0.5, 0.6) is 0 Å². The quantitative estimate of drug-likeness (QED) is 0.644. The van der Waals surface area contributed by atoms with Gasteiger partial charge in [0.2, 0.25) is 0 Å². The van der Waals surface area contributed by atoms with E-state index in [1.165, 1.54) is 15.3 Å². The summed E-state index contributed by atoms with van der Waals surface area (Å²) in [4.78, 5) is 0. The van der Waals surface area contributed by atoms with Gasteiger partial charge in [0.15, 0.2) is 0 Å². The fraction of sp³-hybridized carbons (Fsp3) is 0.176. The number of rotatable bonds is 6. The maximum atomic E-state index is 4.27. The average molecular weight is 342 g/mol. The van der Waals surface area contributed by atoms with E-state index in [-0.39, 0.29) is 0 Å². The van der Waals surface area contributed by atoms with Crippen molar-refractivity contribution in [2.45, 2.75) is 18.3 Å². The van der Waals surface area contributed by atoms with Crippen LogP contribution in [0.25, 0.3) is 0 Å². The van der Waals surface area contributed by atoms with Crippen LogP contribution in [0.1, 0.15) is 11.3 Å². The monoisotopic (exact) mass is 343 g/mol. The molecule has 1 heterocycles. The molecule has 0 spiro atoms. The summed E-state index contributed by atoms with van der Waals surface area (Å²) in [5, 5.41) is 9.64. The summed E-state index contributed by atoms with van der Waals surface area (Å²) in [5.41, 5.74) is 2.34. The van der Waals surface area contributed by atoms with Crippen molar-refractivity contribution in [1.82, 2.24) is 15.0 Å². The normalized spacial score (nSPS) is 10.7. The van der Waals surface area contributed by atoms with Gasteiger partial charge in [0.1, 0.15) is 0 Å². The Bertz CT molecular complexity index is 665. The van der Waals surface area contributed by atoms with Crippen LogP contribution in [0.2, 0.25) is 5.32 Å². The van der Waals surface area contributed by atoms with Gasteiger partial charge in [-0.15, -0.1) is 0 Å². The summed E-state index contributed by atoms with van der Waals surface area (Å²) in [6, 6.07) is 21.0. The van der Waals surface area contributed by atoms with Crippen LogP contribution < -0.4 is 4.46 Å². The molecule has 0 fully saturated rings. The molecule has 106 valence electrons. The van der Waals surface area contributed by atoms with Crippen LogP contribution in [0.3, 0.4) is 0 Å². The van der Waals surface area contributed by atoms with E-state index < -0.39 is 0 Å². The molecule has 0 aliphatic heterocycles. The van der Waals surface area contributed by atoms with Gasteiger partial charge in [0, 0.05) is 0 Å². The van der Waals surface area contributed by atoms with Gasteiger partial charge in [-0.05, 0) is 0 Å². The SMILES string of the molecule is c1ccc(Cn2cc(CC[Se]c3ccccc3)nn2)cc1. The van der Waals surface area contributed by atoms with Crippen molar-refractivity contribution in [2.24, 2.45) is 0 Å². The predicted octanol–water partition coefficient (Wildman–Crippen LogP) is 2.32. The summed E-state index contributed by atoms with van der Waals surface area (Å²) < 4.78 is 3.36. The molecule has 0 aliphatic rings. The van der Waals surface area contributed by atoms with Crippen molar-refractivity contribution in [3.8, 4) is 0 Å². The molecule has 0 bridgehead atoms. The van der Waals surface area contributed by atoms with Crippen LogP contribution in [0.15, 0.2) is 66.9 Å². The molecule has 0 radical (unpaired) electrons. The number of hydrogen-bond donors (Lipinski definition) is 0. The van der Waals surface area contributed by atoms with Crippen LogP contribution in [0, 0.1) is 0 Å². The summed E-state index contributed by atoms with van der Waals surface area (Å²) in [5.74, 6) is 0. The first kappa shape index (κ1) is 14.1. The maximum absolute atomic E-state index is 4.27. The van der Waals surface area contributed by atoms with Gasteiger partial charge >= 0.3 is 131 Å². The standard InChI is InChI=1S/C17H17N3Se/c1-3-7-15(8-4-1)13-20-14-16(18-19-20)11-12-21-17-9-5-2-6-10-17/h1-10,14H,11-13H2. The Morgan fingerprint density at radius 1 is 0.905 bits per heavy atom. The number of benzene rings is 2. The minimum absolute atomic E-state index is 0.518. The summed E-state index contributed by atoms with van der Waals surface area (Å²) in [7, 11) is 0. The Hall–Kier alpha value is -1.90. The van der Waals surface area contributed by atoms with Gasteiger partial charge in [0.05, 0.1) is 0 Å². The van der Waals surface area contributed by atoms with Gasteiger partial charge in [-0.2, -0.15) is 0 Å². The first-order valence-electron chi connectivity index (χ1n) is 7.01. The van der Waals surface area contributed by atoms with E-state index in [1.807, 2.05) is 10.7 Å². The third-order valence-corrected chi connectivity index (χ3v) is 5.27. The van der Waals surface area contributed by atoms with Crippen LogP contribution >= 0.6 is 0 Å². The van der Waals surface area contributed by atoms with Gasteiger partial charge in [0.25, 0.3) is 0 Å². The number of hydrogen-bond acceptors (Lipinski definition) is 2. The van der Waals surface area contributed by atoms with E-state index in [4.69, 9.17) is 0 Å². The van der Waals surface area contributed by atoms with E-state index in [2.05, 4.69) is 71.1 Å². The van der Waals surface area contributed by atoms with Gasteiger partial charge < -0.3 is 0 Å². The Morgan fingerprint density at radius 3 is 2.38 bits per heavy atom. The third kappa shape index (κ3) is 4.28. The molecule has 3 nitrogen and oxygen atoms in total. The molecule has 2 aromatic carbocycles. The average Bonchev–Trinajstić information content (AvgIpc) is 2.97. The molecular formula is C17H17N3Se. The van der Waals surface area contributed by atoms with E-state index in [0.717, 1.165) is 18.7 Å². The molecule has 0 N–H and O–H groups in total. The third-order valence-electron chi connectivity index (χ3n) is 3.14. The fourth-order valence-electron chi connectivity index (χ4n) is 2.09. The van der Waals surface area contributed by atoms with Crippen LogP contribution in [0.4, 0.5) is 0 Å². The van der Waals surface area contributed by atoms with Crippen LogP contribution in [-0.2, 0) is 13.0 Å². The number of aromatic nitrogens is 3. The molecule has 1 aromatic heterocycles. The number of aryl methyl sites for hydroxylation is 1. The van der Waals surface area contributed by atoms with E-state index in [1.54, 1.807) is 0 Å². The summed E-state index contributed by atoms with van der Waals surface area (Å²) >= 11 is 0.518. The molecular weight excluding hydrogens is 325 g/mol. The molecule has 0 atom stereocenters. The van der Waals surface area contributed by atoms with Crippen molar-refractivity contribution >= 4 is 19.4 Å².